The van der Waals surface area contributed by atoms with Crippen LogP contribution in [0.5, 0.6) is 0 Å². The summed E-state index contributed by atoms with van der Waals surface area (Å²) in [7, 11) is 12.4. The van der Waals surface area contributed by atoms with Gasteiger partial charge in [0.1, 0.15) is 0 Å². The van der Waals surface area contributed by atoms with Gasteiger partial charge in [0.2, 0.25) is 0 Å². The molecule has 2 aromatic heterocycles. The van der Waals surface area contributed by atoms with E-state index in [1.807, 2.05) is 0 Å². The summed E-state index contributed by atoms with van der Waals surface area (Å²) < 4.78 is 0. The standard InChI is InChI=1S/2C28H20P.2ClH.Zr/c2*1-5-13-21(14-6-1)25-26(22-15-7-2-8-16-22)28(24-19-11-4-12-20-24)29-27(25)23-17-9-3-10-18-23;;;/h2*1-20H;2*1H;/q2*-1;;;+4/p-2. The molecule has 0 amide bonds. The van der Waals surface area contributed by atoms with Crippen molar-refractivity contribution in [2.45, 2.75) is 0 Å². The molecule has 0 nitrogen and oxygen atoms in total. The molecule has 0 saturated heterocycles. The van der Waals surface area contributed by atoms with Gasteiger partial charge in [-0.2, -0.15) is 21.2 Å². The molecule has 0 fully saturated rings. The number of halogens is 2. The van der Waals surface area contributed by atoms with E-state index < -0.39 is 20.8 Å². The van der Waals surface area contributed by atoms with E-state index in [-0.39, 0.29) is 0 Å². The van der Waals surface area contributed by atoms with E-state index in [4.69, 9.17) is 17.0 Å². The minimum Gasteiger partial charge on any atom is -0.513 e. The van der Waals surface area contributed by atoms with E-state index in [9.17, 15) is 0 Å². The van der Waals surface area contributed by atoms with Gasteiger partial charge in [0.15, 0.2) is 0 Å². The van der Waals surface area contributed by atoms with Crippen LogP contribution >= 0.6 is 33.4 Å². The Morgan fingerprint density at radius 1 is 0.213 bits per heavy atom. The summed E-state index contributed by atoms with van der Waals surface area (Å²) in [5.74, 6) is 0. The average molecular weight is 937 g/mol. The van der Waals surface area contributed by atoms with Gasteiger partial charge in [-0.25, -0.2) is 0 Å². The second-order valence-electron chi connectivity index (χ2n) is 14.1. The largest absolute Gasteiger partial charge is 0.513 e. The molecule has 0 aliphatic heterocycles. The number of hydrogen-bond acceptors (Lipinski definition) is 0. The third-order valence-electron chi connectivity index (χ3n) is 10.3. The van der Waals surface area contributed by atoms with Gasteiger partial charge < -0.3 is 16.4 Å². The van der Waals surface area contributed by atoms with Crippen molar-refractivity contribution in [1.82, 2.24) is 0 Å². The molecule has 10 rings (SSSR count). The molecule has 292 valence electrons. The normalized spacial score (nSPS) is 10.4. The number of benzene rings is 8. The zero-order valence-electron chi connectivity index (χ0n) is 33.2. The van der Waals surface area contributed by atoms with Gasteiger partial charge in [0.25, 0.3) is 0 Å². The fourth-order valence-corrected chi connectivity index (χ4v) is 10.7. The van der Waals surface area contributed by atoms with Crippen molar-refractivity contribution in [3.05, 3.63) is 243 Å². The van der Waals surface area contributed by atoms with Gasteiger partial charge >= 0.3 is 37.9 Å². The van der Waals surface area contributed by atoms with Crippen molar-refractivity contribution >= 4 is 33.4 Å². The van der Waals surface area contributed by atoms with Crippen LogP contribution in [-0.2, 0) is 20.8 Å². The summed E-state index contributed by atoms with van der Waals surface area (Å²) in [5.41, 5.74) is 15.6. The van der Waals surface area contributed by atoms with Crippen molar-refractivity contribution in [3.63, 3.8) is 0 Å². The fraction of sp³-hybridized carbons (Fsp3) is 0. The second-order valence-corrected chi connectivity index (χ2v) is 20.1. The maximum atomic E-state index is 4.93. The monoisotopic (exact) mass is 934 g/mol. The third-order valence-corrected chi connectivity index (χ3v) is 13.2. The first kappa shape index (κ1) is 42.5. The summed E-state index contributed by atoms with van der Waals surface area (Å²) in [5, 5.41) is 5.48. The molecule has 0 bridgehead atoms. The van der Waals surface area contributed by atoms with Crippen LogP contribution in [0.3, 0.4) is 0 Å². The zero-order chi connectivity index (χ0) is 41.6. The van der Waals surface area contributed by atoms with Crippen molar-refractivity contribution in [3.8, 4) is 87.9 Å². The fourth-order valence-electron chi connectivity index (χ4n) is 7.68. The second kappa shape index (κ2) is 21.5. The Kier molecular flexibility index (Phi) is 15.0. The van der Waals surface area contributed by atoms with Crippen LogP contribution in [0.1, 0.15) is 0 Å². The van der Waals surface area contributed by atoms with Crippen LogP contribution in [0.25, 0.3) is 87.9 Å². The molecular formula is C56H40Cl2P2Zr. The van der Waals surface area contributed by atoms with Crippen LogP contribution in [0.4, 0.5) is 0 Å². The first-order chi connectivity index (χ1) is 30.2. The summed E-state index contributed by atoms with van der Waals surface area (Å²) >= 11 is -0.826. The average Bonchev–Trinajstić information content (AvgIpc) is 3.95. The van der Waals surface area contributed by atoms with Crippen molar-refractivity contribution in [1.29, 1.82) is 0 Å². The van der Waals surface area contributed by atoms with E-state index in [2.05, 4.69) is 243 Å². The quantitative estimate of drug-likeness (QED) is 0.142. The Balaban J connectivity index is 0.000000158. The molecule has 8 aromatic carbocycles. The molecule has 0 aliphatic rings. The molecular weight excluding hydrogens is 897 g/mol. The van der Waals surface area contributed by atoms with Crippen LogP contribution < -0.4 is 0 Å². The third kappa shape index (κ3) is 10.1. The van der Waals surface area contributed by atoms with E-state index in [0.717, 1.165) is 0 Å². The van der Waals surface area contributed by atoms with Gasteiger partial charge in [0.05, 0.1) is 0 Å². The Bertz CT molecular complexity index is 2450. The molecule has 5 heteroatoms. The summed E-state index contributed by atoms with van der Waals surface area (Å²) in [4.78, 5) is 0. The van der Waals surface area contributed by atoms with Gasteiger partial charge in [-0.05, 0) is 66.8 Å². The van der Waals surface area contributed by atoms with Gasteiger partial charge in [0, 0.05) is 0 Å². The van der Waals surface area contributed by atoms with Gasteiger partial charge in [-0.3, -0.25) is 0 Å². The van der Waals surface area contributed by atoms with E-state index >= 15 is 0 Å². The molecule has 0 N–H and O–H groups in total. The van der Waals surface area contributed by atoms with Crippen LogP contribution in [0, 0.1) is 0 Å². The number of rotatable bonds is 8. The van der Waals surface area contributed by atoms with Gasteiger partial charge in [-0.1, -0.05) is 243 Å². The SMILES string of the molecule is [Cl][Zr+2][Cl].c1ccc(-c2[p-]c(-c3ccccc3)c(-c3ccccc3)c2-c2ccccc2)cc1.c1ccc(-c2[p-]c(-c3ccccc3)c(-c3ccccc3)c2-c2ccccc2)cc1. The van der Waals surface area contributed by atoms with E-state index in [1.54, 1.807) is 0 Å². The Morgan fingerprint density at radius 3 is 0.492 bits per heavy atom. The molecule has 61 heavy (non-hydrogen) atoms. The molecule has 0 saturated carbocycles. The summed E-state index contributed by atoms with van der Waals surface area (Å²) in [6.07, 6.45) is 0. The smallest absolute Gasteiger partial charge is 0.0199 e. The summed E-state index contributed by atoms with van der Waals surface area (Å²) in [6.45, 7) is 0. The topological polar surface area (TPSA) is 0 Å². The predicted octanol–water partition coefficient (Wildman–Crippen LogP) is 18.7. The van der Waals surface area contributed by atoms with E-state index in [1.165, 1.54) is 104 Å². The predicted molar refractivity (Wildman–Crippen MR) is 264 cm³/mol. The minimum atomic E-state index is -0.826. The first-order valence-electron chi connectivity index (χ1n) is 20.1. The van der Waals surface area contributed by atoms with Crippen molar-refractivity contribution < 1.29 is 20.8 Å². The molecule has 0 atom stereocenters. The Labute approximate surface area is 381 Å². The molecule has 0 aliphatic carbocycles. The minimum absolute atomic E-state index is 0.826. The van der Waals surface area contributed by atoms with Crippen molar-refractivity contribution in [2.75, 3.05) is 0 Å². The zero-order valence-corrected chi connectivity index (χ0v) is 39.0. The molecule has 0 radical (unpaired) electrons. The van der Waals surface area contributed by atoms with E-state index in [0.29, 0.717) is 0 Å². The van der Waals surface area contributed by atoms with Crippen LogP contribution in [0.15, 0.2) is 243 Å². The Hall–Kier alpha value is -5.22. The van der Waals surface area contributed by atoms with Crippen LogP contribution in [-0.4, -0.2) is 0 Å². The Morgan fingerprint density at radius 2 is 0.344 bits per heavy atom. The summed E-state index contributed by atoms with van der Waals surface area (Å²) in [6, 6.07) is 86.4. The molecule has 2 heterocycles. The molecule has 0 unspecified atom stereocenters. The van der Waals surface area contributed by atoms with Crippen LogP contribution in [0.2, 0.25) is 0 Å². The molecule has 10 aromatic rings. The molecule has 0 spiro atoms. The number of hydrogen-bond donors (Lipinski definition) is 0. The first-order valence-corrected chi connectivity index (χ1v) is 28.2. The van der Waals surface area contributed by atoms with Crippen molar-refractivity contribution in [2.24, 2.45) is 0 Å². The van der Waals surface area contributed by atoms with Gasteiger partial charge in [-0.15, -0.1) is 0 Å². The maximum Gasteiger partial charge on any atom is -0.0199 e. The maximum absolute atomic E-state index is 4.93.